The summed E-state index contributed by atoms with van der Waals surface area (Å²) in [5.74, 6) is -1.03. The third kappa shape index (κ3) is 3.60. The SMILES string of the molecule is O=C(O)c1cc(Cc2ccccc2)n(Cc2ccccc2Cl)n1. The lowest BCUT2D eigenvalue weighted by Gasteiger charge is -2.09. The molecule has 1 heterocycles. The number of benzene rings is 2. The number of nitrogens with zero attached hydrogens (tertiary/aromatic N) is 2. The number of halogens is 1. The lowest BCUT2D eigenvalue weighted by molar-refractivity contribution is 0.0689. The molecule has 0 saturated heterocycles. The minimum Gasteiger partial charge on any atom is -0.476 e. The molecule has 1 N–H and O–H groups in total. The van der Waals surface area contributed by atoms with Crippen LogP contribution in [0.15, 0.2) is 60.7 Å². The van der Waals surface area contributed by atoms with Crippen LogP contribution in [0.4, 0.5) is 0 Å². The normalized spacial score (nSPS) is 10.7. The van der Waals surface area contributed by atoms with E-state index in [0.717, 1.165) is 16.8 Å². The van der Waals surface area contributed by atoms with Gasteiger partial charge >= 0.3 is 5.97 Å². The lowest BCUT2D eigenvalue weighted by atomic mass is 10.1. The zero-order chi connectivity index (χ0) is 16.2. The highest BCUT2D eigenvalue weighted by Gasteiger charge is 2.14. The summed E-state index contributed by atoms with van der Waals surface area (Å²) in [6, 6.07) is 19.0. The van der Waals surface area contributed by atoms with Crippen molar-refractivity contribution >= 4 is 17.6 Å². The highest BCUT2D eigenvalue weighted by Crippen LogP contribution is 2.19. The molecule has 3 aromatic rings. The largest absolute Gasteiger partial charge is 0.476 e. The van der Waals surface area contributed by atoms with Crippen LogP contribution in [0, 0.1) is 0 Å². The van der Waals surface area contributed by atoms with E-state index in [-0.39, 0.29) is 5.69 Å². The van der Waals surface area contributed by atoms with Crippen LogP contribution < -0.4 is 0 Å². The summed E-state index contributed by atoms with van der Waals surface area (Å²) in [5.41, 5.74) is 2.89. The second kappa shape index (κ2) is 6.67. The predicted molar refractivity (Wildman–Crippen MR) is 89.0 cm³/mol. The fourth-order valence-corrected chi connectivity index (χ4v) is 2.63. The maximum atomic E-state index is 11.2. The van der Waals surface area contributed by atoms with Gasteiger partial charge in [-0.05, 0) is 23.3 Å². The number of carbonyl (C=O) groups is 1. The van der Waals surface area contributed by atoms with Crippen LogP contribution in [0.3, 0.4) is 0 Å². The van der Waals surface area contributed by atoms with Crippen molar-refractivity contribution in [1.82, 2.24) is 9.78 Å². The monoisotopic (exact) mass is 326 g/mol. The van der Waals surface area contributed by atoms with E-state index in [0.29, 0.717) is 18.0 Å². The Hall–Kier alpha value is -2.59. The molecule has 2 aromatic carbocycles. The first-order valence-electron chi connectivity index (χ1n) is 7.21. The lowest BCUT2D eigenvalue weighted by Crippen LogP contribution is -2.08. The Labute approximate surface area is 139 Å². The van der Waals surface area contributed by atoms with Crippen LogP contribution in [0.2, 0.25) is 5.02 Å². The summed E-state index contributed by atoms with van der Waals surface area (Å²) >= 11 is 6.20. The highest BCUT2D eigenvalue weighted by atomic mass is 35.5. The fourth-order valence-electron chi connectivity index (χ4n) is 2.43. The molecule has 0 atom stereocenters. The van der Waals surface area contributed by atoms with E-state index in [1.165, 1.54) is 0 Å². The standard InChI is InChI=1S/C18H15ClN2O2/c19-16-9-5-4-8-14(16)12-21-15(11-17(20-21)18(22)23)10-13-6-2-1-3-7-13/h1-9,11H,10,12H2,(H,22,23). The summed E-state index contributed by atoms with van der Waals surface area (Å²) in [7, 11) is 0. The molecule has 0 aliphatic carbocycles. The van der Waals surface area contributed by atoms with Gasteiger partial charge in [-0.25, -0.2) is 4.79 Å². The average molecular weight is 327 g/mol. The van der Waals surface area contributed by atoms with Gasteiger partial charge < -0.3 is 5.11 Å². The molecule has 0 spiro atoms. The van der Waals surface area contributed by atoms with Crippen molar-refractivity contribution in [2.24, 2.45) is 0 Å². The second-order valence-electron chi connectivity index (χ2n) is 5.24. The average Bonchev–Trinajstić information content (AvgIpc) is 2.94. The Bertz CT molecular complexity index is 828. The molecule has 0 saturated carbocycles. The molecule has 0 aliphatic heterocycles. The molecule has 0 amide bonds. The first kappa shape index (κ1) is 15.3. The van der Waals surface area contributed by atoms with Gasteiger partial charge in [-0.1, -0.05) is 60.1 Å². The van der Waals surface area contributed by atoms with E-state index >= 15 is 0 Å². The van der Waals surface area contributed by atoms with E-state index in [2.05, 4.69) is 5.10 Å². The van der Waals surface area contributed by atoms with Gasteiger partial charge in [0.15, 0.2) is 5.69 Å². The van der Waals surface area contributed by atoms with Crippen LogP contribution in [0.1, 0.15) is 27.3 Å². The molecule has 0 radical (unpaired) electrons. The summed E-state index contributed by atoms with van der Waals surface area (Å²) in [4.78, 5) is 11.2. The molecular formula is C18H15ClN2O2. The molecule has 23 heavy (non-hydrogen) atoms. The summed E-state index contributed by atoms with van der Waals surface area (Å²) < 4.78 is 1.71. The highest BCUT2D eigenvalue weighted by molar-refractivity contribution is 6.31. The second-order valence-corrected chi connectivity index (χ2v) is 5.64. The van der Waals surface area contributed by atoms with Gasteiger partial charge in [-0.15, -0.1) is 0 Å². The van der Waals surface area contributed by atoms with Crippen molar-refractivity contribution in [3.8, 4) is 0 Å². The van der Waals surface area contributed by atoms with Crippen molar-refractivity contribution in [1.29, 1.82) is 0 Å². The van der Waals surface area contributed by atoms with Gasteiger partial charge in [0, 0.05) is 17.1 Å². The van der Waals surface area contributed by atoms with Crippen molar-refractivity contribution < 1.29 is 9.90 Å². The minimum absolute atomic E-state index is 0.0444. The molecule has 1 aromatic heterocycles. The molecule has 5 heteroatoms. The van der Waals surface area contributed by atoms with Crippen LogP contribution in [-0.2, 0) is 13.0 Å². The number of hydrogen-bond acceptors (Lipinski definition) is 2. The molecule has 0 bridgehead atoms. The molecule has 0 fully saturated rings. The van der Waals surface area contributed by atoms with Gasteiger partial charge in [-0.3, -0.25) is 4.68 Å². The zero-order valence-electron chi connectivity index (χ0n) is 12.3. The Morgan fingerprint density at radius 1 is 1.09 bits per heavy atom. The first-order chi connectivity index (χ1) is 11.1. The minimum atomic E-state index is -1.03. The maximum absolute atomic E-state index is 11.2. The molecule has 0 unspecified atom stereocenters. The van der Waals surface area contributed by atoms with Crippen LogP contribution in [0.25, 0.3) is 0 Å². The Balaban J connectivity index is 1.95. The smallest absolute Gasteiger partial charge is 0.356 e. The van der Waals surface area contributed by atoms with Crippen LogP contribution in [-0.4, -0.2) is 20.9 Å². The summed E-state index contributed by atoms with van der Waals surface area (Å²) in [6.45, 7) is 0.440. The summed E-state index contributed by atoms with van der Waals surface area (Å²) in [6.07, 6.45) is 0.617. The van der Waals surface area contributed by atoms with Gasteiger partial charge in [0.1, 0.15) is 0 Å². The first-order valence-corrected chi connectivity index (χ1v) is 7.58. The topological polar surface area (TPSA) is 55.1 Å². The quantitative estimate of drug-likeness (QED) is 0.774. The maximum Gasteiger partial charge on any atom is 0.356 e. The third-order valence-electron chi connectivity index (χ3n) is 3.59. The third-order valence-corrected chi connectivity index (χ3v) is 3.96. The van der Waals surface area contributed by atoms with Gasteiger partial charge in [-0.2, -0.15) is 5.10 Å². The van der Waals surface area contributed by atoms with E-state index in [4.69, 9.17) is 11.6 Å². The number of aromatic carboxylic acids is 1. The van der Waals surface area contributed by atoms with Crippen molar-refractivity contribution in [3.05, 3.63) is 88.2 Å². The molecule has 4 nitrogen and oxygen atoms in total. The Morgan fingerprint density at radius 2 is 1.78 bits per heavy atom. The summed E-state index contributed by atoms with van der Waals surface area (Å²) in [5, 5.41) is 14.1. The molecule has 116 valence electrons. The van der Waals surface area contributed by atoms with Crippen molar-refractivity contribution in [2.75, 3.05) is 0 Å². The van der Waals surface area contributed by atoms with Crippen molar-refractivity contribution in [3.63, 3.8) is 0 Å². The fraction of sp³-hybridized carbons (Fsp3) is 0.111. The van der Waals surface area contributed by atoms with Gasteiger partial charge in [0.05, 0.1) is 6.54 Å². The van der Waals surface area contributed by atoms with Crippen LogP contribution >= 0.6 is 11.6 Å². The number of carboxylic acids is 1. The predicted octanol–water partition coefficient (Wildman–Crippen LogP) is 3.87. The Morgan fingerprint density at radius 3 is 2.48 bits per heavy atom. The molecular weight excluding hydrogens is 312 g/mol. The zero-order valence-corrected chi connectivity index (χ0v) is 13.1. The van der Waals surface area contributed by atoms with E-state index in [1.807, 2.05) is 54.6 Å². The Kier molecular flexibility index (Phi) is 4.44. The number of hydrogen-bond donors (Lipinski definition) is 1. The van der Waals surface area contributed by atoms with Gasteiger partial charge in [0.25, 0.3) is 0 Å². The molecule has 3 rings (SSSR count). The number of carboxylic acid groups (broad SMARTS) is 1. The van der Waals surface area contributed by atoms with E-state index in [9.17, 15) is 9.90 Å². The van der Waals surface area contributed by atoms with E-state index < -0.39 is 5.97 Å². The van der Waals surface area contributed by atoms with Crippen molar-refractivity contribution in [2.45, 2.75) is 13.0 Å². The number of aromatic nitrogens is 2. The van der Waals surface area contributed by atoms with E-state index in [1.54, 1.807) is 10.7 Å². The molecule has 0 aliphatic rings. The van der Waals surface area contributed by atoms with Gasteiger partial charge in [0.2, 0.25) is 0 Å². The van der Waals surface area contributed by atoms with Crippen LogP contribution in [0.5, 0.6) is 0 Å². The number of rotatable bonds is 5.